The van der Waals surface area contributed by atoms with Crippen molar-refractivity contribution in [3.63, 3.8) is 0 Å². The molecule has 0 aliphatic heterocycles. The number of fused-ring (bicyclic) bond motifs is 1. The molecule has 0 fully saturated rings. The van der Waals surface area contributed by atoms with E-state index in [9.17, 15) is 14.7 Å². The molecule has 0 radical (unpaired) electrons. The molecular weight excluding hydrogens is 354 g/mol. The number of nitrogens with zero attached hydrogens (tertiary/aromatic N) is 2. The second-order valence-electron chi connectivity index (χ2n) is 7.27. The lowest BCUT2D eigenvalue weighted by atomic mass is 9.76. The molecule has 8 heteroatoms. The number of hydrogen-bond acceptors (Lipinski definition) is 5. The van der Waals surface area contributed by atoms with Crippen molar-refractivity contribution in [3.05, 3.63) is 34.0 Å². The molecule has 0 atom stereocenters. The average molecular weight is 377 g/mol. The fraction of sp³-hybridized carbons (Fsp3) is 0.500. The zero-order valence-electron chi connectivity index (χ0n) is 15.2. The Morgan fingerprint density at radius 2 is 2.23 bits per heavy atom. The Hall–Kier alpha value is -2.19. The lowest BCUT2D eigenvalue weighted by Gasteiger charge is -2.29. The van der Waals surface area contributed by atoms with Crippen LogP contribution >= 0.6 is 11.3 Å². The number of ether oxygens (including phenoxy) is 1. The van der Waals surface area contributed by atoms with E-state index in [1.165, 1.54) is 11.3 Å². The zero-order valence-corrected chi connectivity index (χ0v) is 16.0. The Morgan fingerprint density at radius 1 is 1.46 bits per heavy atom. The molecule has 0 saturated carbocycles. The summed E-state index contributed by atoms with van der Waals surface area (Å²) in [4.78, 5) is 25.4. The number of rotatable bonds is 6. The molecule has 3 rings (SSSR count). The topological polar surface area (TPSA) is 93.5 Å². The van der Waals surface area contributed by atoms with Crippen LogP contribution in [0.4, 0.5) is 5.00 Å². The van der Waals surface area contributed by atoms with E-state index < -0.39 is 11.9 Å². The molecule has 1 aliphatic rings. The summed E-state index contributed by atoms with van der Waals surface area (Å²) in [5.41, 5.74) is 1.41. The number of carboxylic acids is 1. The molecule has 0 spiro atoms. The van der Waals surface area contributed by atoms with E-state index in [1.807, 2.05) is 0 Å². The lowest BCUT2D eigenvalue weighted by Crippen LogP contribution is -2.22. The van der Waals surface area contributed by atoms with Gasteiger partial charge in [0.15, 0.2) is 5.69 Å². The van der Waals surface area contributed by atoms with Gasteiger partial charge in [-0.15, -0.1) is 11.3 Å². The quantitative estimate of drug-likeness (QED) is 0.807. The molecular formula is C18H23N3O4S. The van der Waals surface area contributed by atoms with Crippen LogP contribution in [-0.2, 0) is 24.1 Å². The summed E-state index contributed by atoms with van der Waals surface area (Å²) < 4.78 is 6.62. The summed E-state index contributed by atoms with van der Waals surface area (Å²) >= 11 is 1.37. The van der Waals surface area contributed by atoms with Crippen LogP contribution in [0, 0.1) is 5.41 Å². The predicted molar refractivity (Wildman–Crippen MR) is 99.1 cm³/mol. The van der Waals surface area contributed by atoms with Gasteiger partial charge in [0, 0.05) is 18.2 Å². The standard InChI is InChI=1S/C18H23N3O4S/c1-18(2)6-4-13-11(10-18)14(17(23)24)16(26-13)19-15(22)12-5-7-21(20-12)8-9-25-3/h5,7H,4,6,8-10H2,1-3H3,(H,19,22)(H,23,24). The van der Waals surface area contributed by atoms with E-state index >= 15 is 0 Å². The Kier molecular flexibility index (Phi) is 5.15. The number of aryl methyl sites for hydroxylation is 1. The van der Waals surface area contributed by atoms with E-state index in [0.717, 1.165) is 23.3 Å². The first-order valence-electron chi connectivity index (χ1n) is 8.52. The van der Waals surface area contributed by atoms with Crippen LogP contribution in [0.15, 0.2) is 12.3 Å². The third-order valence-electron chi connectivity index (χ3n) is 4.61. The number of hydrogen-bond donors (Lipinski definition) is 2. The van der Waals surface area contributed by atoms with Crippen LogP contribution in [0.3, 0.4) is 0 Å². The smallest absolute Gasteiger partial charge is 0.339 e. The SMILES string of the molecule is COCCn1ccc(C(=O)Nc2sc3c(c2C(=O)O)CC(C)(C)CC3)n1. The Bertz CT molecular complexity index is 838. The Balaban J connectivity index is 1.83. The van der Waals surface area contributed by atoms with E-state index in [-0.39, 0.29) is 16.7 Å². The normalized spacial score (nSPS) is 15.5. The highest BCUT2D eigenvalue weighted by atomic mass is 32.1. The van der Waals surface area contributed by atoms with Crippen molar-refractivity contribution in [1.29, 1.82) is 0 Å². The Morgan fingerprint density at radius 3 is 2.92 bits per heavy atom. The third-order valence-corrected chi connectivity index (χ3v) is 5.82. The van der Waals surface area contributed by atoms with E-state index in [1.54, 1.807) is 24.1 Å². The van der Waals surface area contributed by atoms with Crippen LogP contribution in [-0.4, -0.2) is 40.5 Å². The van der Waals surface area contributed by atoms with Gasteiger partial charge in [0.25, 0.3) is 5.91 Å². The van der Waals surface area contributed by atoms with Gasteiger partial charge >= 0.3 is 5.97 Å². The van der Waals surface area contributed by atoms with Crippen LogP contribution in [0.1, 0.15) is 51.6 Å². The number of carbonyl (C=O) groups is 2. The van der Waals surface area contributed by atoms with E-state index in [4.69, 9.17) is 4.74 Å². The number of aromatic nitrogens is 2. The highest BCUT2D eigenvalue weighted by Gasteiger charge is 2.33. The molecule has 0 saturated heterocycles. The maximum atomic E-state index is 12.5. The van der Waals surface area contributed by atoms with Gasteiger partial charge in [-0.05, 0) is 36.3 Å². The van der Waals surface area contributed by atoms with Gasteiger partial charge in [-0.3, -0.25) is 9.48 Å². The molecule has 0 unspecified atom stereocenters. The van der Waals surface area contributed by atoms with Crippen molar-refractivity contribution in [2.24, 2.45) is 5.41 Å². The van der Waals surface area contributed by atoms with Gasteiger partial charge in [-0.2, -0.15) is 5.10 Å². The second-order valence-corrected chi connectivity index (χ2v) is 8.37. The number of carbonyl (C=O) groups excluding carboxylic acids is 1. The highest BCUT2D eigenvalue weighted by Crippen LogP contribution is 2.43. The van der Waals surface area contributed by atoms with Crippen molar-refractivity contribution < 1.29 is 19.4 Å². The fourth-order valence-electron chi connectivity index (χ4n) is 3.19. The molecule has 2 aromatic heterocycles. The van der Waals surface area contributed by atoms with Crippen molar-refractivity contribution in [2.75, 3.05) is 19.0 Å². The van der Waals surface area contributed by atoms with Crippen LogP contribution in [0.25, 0.3) is 0 Å². The van der Waals surface area contributed by atoms with E-state index in [0.29, 0.717) is 24.6 Å². The largest absolute Gasteiger partial charge is 0.478 e. The molecule has 26 heavy (non-hydrogen) atoms. The van der Waals surface area contributed by atoms with Crippen LogP contribution < -0.4 is 5.32 Å². The number of methoxy groups -OCH3 is 1. The van der Waals surface area contributed by atoms with Gasteiger partial charge < -0.3 is 15.2 Å². The van der Waals surface area contributed by atoms with Crippen molar-refractivity contribution >= 4 is 28.2 Å². The fourth-order valence-corrected chi connectivity index (χ4v) is 4.40. The summed E-state index contributed by atoms with van der Waals surface area (Å²) in [7, 11) is 1.60. The maximum Gasteiger partial charge on any atom is 0.339 e. The van der Waals surface area contributed by atoms with Crippen LogP contribution in [0.5, 0.6) is 0 Å². The molecule has 7 nitrogen and oxygen atoms in total. The maximum absolute atomic E-state index is 12.5. The van der Waals surface area contributed by atoms with Gasteiger partial charge in [0.1, 0.15) is 5.00 Å². The minimum atomic E-state index is -0.999. The Labute approximate surface area is 156 Å². The van der Waals surface area contributed by atoms with E-state index in [2.05, 4.69) is 24.3 Å². The first-order valence-corrected chi connectivity index (χ1v) is 9.34. The molecule has 1 aliphatic carbocycles. The van der Waals surface area contributed by atoms with Gasteiger partial charge in [0.2, 0.25) is 0 Å². The number of carboxylic acid groups (broad SMARTS) is 1. The van der Waals surface area contributed by atoms with Gasteiger partial charge in [-0.25, -0.2) is 4.79 Å². The van der Waals surface area contributed by atoms with Crippen molar-refractivity contribution in [1.82, 2.24) is 9.78 Å². The number of thiophene rings is 1. The first kappa shape index (κ1) is 18.6. The third kappa shape index (κ3) is 3.81. The molecule has 1 amide bonds. The summed E-state index contributed by atoms with van der Waals surface area (Å²) in [6.07, 6.45) is 4.27. The molecule has 0 bridgehead atoms. The van der Waals surface area contributed by atoms with Crippen molar-refractivity contribution in [2.45, 2.75) is 39.7 Å². The average Bonchev–Trinajstić information content (AvgIpc) is 3.16. The summed E-state index contributed by atoms with van der Waals surface area (Å²) in [6, 6.07) is 1.61. The highest BCUT2D eigenvalue weighted by molar-refractivity contribution is 7.17. The second kappa shape index (κ2) is 7.20. The number of anilines is 1. The van der Waals surface area contributed by atoms with Gasteiger partial charge in [-0.1, -0.05) is 13.8 Å². The van der Waals surface area contributed by atoms with Crippen LogP contribution in [0.2, 0.25) is 0 Å². The summed E-state index contributed by atoms with van der Waals surface area (Å²) in [5.74, 6) is -1.40. The van der Waals surface area contributed by atoms with Crippen molar-refractivity contribution in [3.8, 4) is 0 Å². The molecule has 0 aromatic carbocycles. The number of aromatic carboxylic acids is 1. The number of amides is 1. The molecule has 2 heterocycles. The first-order chi connectivity index (χ1) is 12.3. The lowest BCUT2D eigenvalue weighted by molar-refractivity contribution is 0.0696. The summed E-state index contributed by atoms with van der Waals surface area (Å²) in [6.45, 7) is 5.33. The van der Waals surface area contributed by atoms with Gasteiger partial charge in [0.05, 0.1) is 18.7 Å². The minimum Gasteiger partial charge on any atom is -0.478 e. The zero-order chi connectivity index (χ0) is 18.9. The molecule has 2 aromatic rings. The molecule has 2 N–H and O–H groups in total. The number of nitrogens with one attached hydrogen (secondary N) is 1. The molecule has 140 valence electrons. The summed E-state index contributed by atoms with van der Waals surface area (Å²) in [5, 5.41) is 17.0. The monoisotopic (exact) mass is 377 g/mol. The minimum absolute atomic E-state index is 0.0691. The predicted octanol–water partition coefficient (Wildman–Crippen LogP) is 3.06.